The molecule has 0 amide bonds. The van der Waals surface area contributed by atoms with Crippen LogP contribution in [0.2, 0.25) is 5.22 Å². The zero-order chi connectivity index (χ0) is 18.2. The van der Waals surface area contributed by atoms with Crippen molar-refractivity contribution in [3.05, 3.63) is 59.4 Å². The number of benzene rings is 1. The van der Waals surface area contributed by atoms with Gasteiger partial charge in [-0.25, -0.2) is 0 Å². The topological polar surface area (TPSA) is 77.1 Å². The minimum Gasteiger partial charge on any atom is -0.443 e. The first kappa shape index (κ1) is 17.4. The van der Waals surface area contributed by atoms with Gasteiger partial charge in [0.25, 0.3) is 10.0 Å². The standard InChI is InChI=1S/C14H9ClF3N3O3S/c15-13-7-6-11(24-13)10-8-12(14(16,17)18)19-21(10)20-25(22,23)9-4-2-1-3-5-9/h1-8,20H. The maximum absolute atomic E-state index is 12.9. The zero-order valence-corrected chi connectivity index (χ0v) is 13.7. The molecule has 0 atom stereocenters. The minimum atomic E-state index is -4.77. The fourth-order valence-electron chi connectivity index (χ4n) is 1.98. The van der Waals surface area contributed by atoms with Crippen molar-refractivity contribution in [3.63, 3.8) is 0 Å². The van der Waals surface area contributed by atoms with Crippen LogP contribution in [0.1, 0.15) is 5.69 Å². The lowest BCUT2D eigenvalue weighted by Gasteiger charge is -2.10. The molecule has 3 aromatic rings. The molecule has 0 unspecified atom stereocenters. The smallest absolute Gasteiger partial charge is 0.435 e. The summed E-state index contributed by atoms with van der Waals surface area (Å²) in [6.45, 7) is 0. The van der Waals surface area contributed by atoms with E-state index in [1.165, 1.54) is 36.4 Å². The van der Waals surface area contributed by atoms with Crippen LogP contribution < -0.4 is 4.83 Å². The highest BCUT2D eigenvalue weighted by atomic mass is 35.5. The van der Waals surface area contributed by atoms with Gasteiger partial charge in [0.15, 0.2) is 16.7 Å². The summed E-state index contributed by atoms with van der Waals surface area (Å²) >= 11 is 5.63. The largest absolute Gasteiger partial charge is 0.443 e. The maximum Gasteiger partial charge on any atom is 0.435 e. The molecule has 6 nitrogen and oxygen atoms in total. The first-order valence-corrected chi connectivity index (χ1v) is 8.54. The average molecular weight is 392 g/mol. The summed E-state index contributed by atoms with van der Waals surface area (Å²) in [5, 5.41) is 3.21. The van der Waals surface area contributed by atoms with Crippen molar-refractivity contribution in [2.24, 2.45) is 0 Å². The molecule has 0 aliphatic carbocycles. The normalized spacial score (nSPS) is 12.3. The Morgan fingerprint density at radius 2 is 1.80 bits per heavy atom. The number of nitrogens with one attached hydrogen (secondary N) is 1. The van der Waals surface area contributed by atoms with Crippen LogP contribution in [-0.4, -0.2) is 18.3 Å². The lowest BCUT2D eigenvalue weighted by molar-refractivity contribution is -0.141. The Hall–Kier alpha value is -2.46. The van der Waals surface area contributed by atoms with Crippen molar-refractivity contribution in [1.29, 1.82) is 0 Å². The van der Waals surface area contributed by atoms with E-state index in [1.807, 2.05) is 4.83 Å². The average Bonchev–Trinajstić information content (AvgIpc) is 3.13. The van der Waals surface area contributed by atoms with Gasteiger partial charge in [-0.2, -0.15) is 31.2 Å². The predicted molar refractivity (Wildman–Crippen MR) is 82.9 cm³/mol. The zero-order valence-electron chi connectivity index (χ0n) is 12.2. The Bertz CT molecular complexity index is 997. The van der Waals surface area contributed by atoms with Gasteiger partial charge < -0.3 is 4.42 Å². The van der Waals surface area contributed by atoms with Crippen molar-refractivity contribution in [2.45, 2.75) is 11.1 Å². The third-order valence-corrected chi connectivity index (χ3v) is 4.59. The van der Waals surface area contributed by atoms with Gasteiger partial charge in [-0.3, -0.25) is 0 Å². The second-order valence-electron chi connectivity index (χ2n) is 4.84. The van der Waals surface area contributed by atoms with Gasteiger partial charge in [-0.15, -0.1) is 5.10 Å². The quantitative estimate of drug-likeness (QED) is 0.734. The van der Waals surface area contributed by atoms with Crippen LogP contribution >= 0.6 is 11.6 Å². The van der Waals surface area contributed by atoms with E-state index in [2.05, 4.69) is 5.10 Å². The summed E-state index contributed by atoms with van der Waals surface area (Å²) < 4.78 is 68.6. The van der Waals surface area contributed by atoms with Gasteiger partial charge in [0, 0.05) is 6.07 Å². The Morgan fingerprint density at radius 3 is 2.36 bits per heavy atom. The van der Waals surface area contributed by atoms with E-state index < -0.39 is 21.9 Å². The molecule has 0 saturated heterocycles. The molecular formula is C14H9ClF3N3O3S. The molecule has 0 saturated carbocycles. The molecule has 25 heavy (non-hydrogen) atoms. The fourth-order valence-corrected chi connectivity index (χ4v) is 3.12. The lowest BCUT2D eigenvalue weighted by atomic mass is 10.3. The SMILES string of the molecule is O=S(=O)(Nn1nc(C(F)(F)F)cc1-c1ccc(Cl)o1)c1ccccc1. The number of sulfonamides is 1. The monoisotopic (exact) mass is 391 g/mol. The highest BCUT2D eigenvalue weighted by Crippen LogP contribution is 2.32. The van der Waals surface area contributed by atoms with Crippen molar-refractivity contribution < 1.29 is 26.0 Å². The summed E-state index contributed by atoms with van der Waals surface area (Å²) in [6, 6.07) is 10.4. The number of hydrogen-bond acceptors (Lipinski definition) is 4. The number of halogens is 4. The Balaban J connectivity index is 2.07. The van der Waals surface area contributed by atoms with Gasteiger partial charge >= 0.3 is 6.18 Å². The van der Waals surface area contributed by atoms with Crippen LogP contribution in [0.15, 0.2) is 57.8 Å². The van der Waals surface area contributed by atoms with Gasteiger partial charge in [-0.1, -0.05) is 18.2 Å². The first-order chi connectivity index (χ1) is 11.7. The van der Waals surface area contributed by atoms with E-state index in [9.17, 15) is 21.6 Å². The number of furan rings is 1. The van der Waals surface area contributed by atoms with Gasteiger partial charge in [0.05, 0.1) is 4.90 Å². The number of alkyl halides is 3. The lowest BCUT2D eigenvalue weighted by Crippen LogP contribution is -2.25. The molecule has 0 aliphatic heterocycles. The van der Waals surface area contributed by atoms with E-state index in [-0.39, 0.29) is 21.6 Å². The summed E-state index contributed by atoms with van der Waals surface area (Å²) in [4.78, 5) is 2.33. The molecule has 0 spiro atoms. The highest BCUT2D eigenvalue weighted by molar-refractivity contribution is 7.92. The van der Waals surface area contributed by atoms with Crippen molar-refractivity contribution in [1.82, 2.24) is 9.89 Å². The van der Waals surface area contributed by atoms with E-state index in [4.69, 9.17) is 16.0 Å². The number of rotatable bonds is 4. The maximum atomic E-state index is 12.9. The van der Waals surface area contributed by atoms with Crippen molar-refractivity contribution >= 4 is 21.6 Å². The molecule has 0 bridgehead atoms. The van der Waals surface area contributed by atoms with Crippen LogP contribution in [0.5, 0.6) is 0 Å². The van der Waals surface area contributed by atoms with E-state index >= 15 is 0 Å². The van der Waals surface area contributed by atoms with E-state index in [0.717, 1.165) is 0 Å². The predicted octanol–water partition coefficient (Wildman–Crippen LogP) is 3.75. The highest BCUT2D eigenvalue weighted by Gasteiger charge is 2.36. The Morgan fingerprint density at radius 1 is 1.12 bits per heavy atom. The Labute approximate surface area is 144 Å². The van der Waals surface area contributed by atoms with E-state index in [1.54, 1.807) is 6.07 Å². The third-order valence-electron chi connectivity index (χ3n) is 3.09. The van der Waals surface area contributed by atoms with E-state index in [0.29, 0.717) is 10.9 Å². The number of aromatic nitrogens is 2. The number of hydrogen-bond donors (Lipinski definition) is 1. The summed E-state index contributed by atoms with van der Waals surface area (Å²) in [6.07, 6.45) is -4.77. The molecule has 3 rings (SSSR count). The molecular weight excluding hydrogens is 383 g/mol. The molecule has 1 N–H and O–H groups in total. The second kappa shape index (κ2) is 6.12. The summed E-state index contributed by atoms with van der Waals surface area (Å²) in [5.41, 5.74) is -1.54. The first-order valence-electron chi connectivity index (χ1n) is 6.68. The molecule has 0 aliphatic rings. The molecule has 2 heterocycles. The van der Waals surface area contributed by atoms with Crippen molar-refractivity contribution in [3.8, 4) is 11.5 Å². The summed E-state index contributed by atoms with van der Waals surface area (Å²) in [7, 11) is -4.16. The van der Waals surface area contributed by atoms with Crippen LogP contribution in [0, 0.1) is 0 Å². The molecule has 1 aromatic carbocycles. The Kier molecular flexibility index (Phi) is 4.25. The van der Waals surface area contributed by atoms with Crippen LogP contribution in [0.3, 0.4) is 0 Å². The van der Waals surface area contributed by atoms with Crippen molar-refractivity contribution in [2.75, 3.05) is 4.83 Å². The molecule has 2 aromatic heterocycles. The summed E-state index contributed by atoms with van der Waals surface area (Å²) in [5.74, 6) is -0.0799. The molecule has 11 heteroatoms. The van der Waals surface area contributed by atoms with Gasteiger partial charge in [0.2, 0.25) is 0 Å². The molecule has 132 valence electrons. The van der Waals surface area contributed by atoms with Gasteiger partial charge in [-0.05, 0) is 35.9 Å². The van der Waals surface area contributed by atoms with Crippen LogP contribution in [0.4, 0.5) is 13.2 Å². The van der Waals surface area contributed by atoms with Gasteiger partial charge in [0.1, 0.15) is 5.69 Å². The van der Waals surface area contributed by atoms with Crippen LogP contribution in [-0.2, 0) is 16.2 Å². The third kappa shape index (κ3) is 3.64. The fraction of sp³-hybridized carbons (Fsp3) is 0.0714. The van der Waals surface area contributed by atoms with Crippen LogP contribution in [0.25, 0.3) is 11.5 Å². The molecule has 0 radical (unpaired) electrons. The number of nitrogens with zero attached hydrogens (tertiary/aromatic N) is 2. The molecule has 0 fully saturated rings. The second-order valence-corrected chi connectivity index (χ2v) is 6.87. The minimum absolute atomic E-state index is 0.0674.